The Bertz CT molecular complexity index is 3000. The number of rotatable bonds is 12. The second-order valence-corrected chi connectivity index (χ2v) is 18.2. The van der Waals surface area contributed by atoms with Gasteiger partial charge in [-0.1, -0.05) is 109 Å². The molecule has 7 aromatic carbocycles. The Morgan fingerprint density at radius 1 is 0.303 bits per heavy atom. The van der Waals surface area contributed by atoms with E-state index in [4.69, 9.17) is 69.6 Å². The van der Waals surface area contributed by atoms with Crippen molar-refractivity contribution >= 4 is 102 Å². The topological polar surface area (TPSA) is 26.4 Å². The van der Waals surface area contributed by atoms with Crippen LogP contribution in [-0.4, -0.2) is 13.7 Å². The standard InChI is InChI=1S/C51H39Cl6N6.3BrH/c52-46-49(55)61(31-58(46)25-34-13-16-40-7-1-4-10-43(40)22-34)28-37-19-38(29-62-32-59(47(53)50(62)56)26-35-14-17-41-8-2-5-11-44(41)23-35)21-39(20-37)30-63-33-60(48(54)51(63)57)27-36-15-18-42-9-3-6-12-45(42)24-36;;;/h1-24,31-33H,25-30H2;3*1H/q+3;;;/p-3. The Labute approximate surface area is 444 Å². The van der Waals surface area contributed by atoms with Crippen LogP contribution in [0.1, 0.15) is 33.4 Å². The van der Waals surface area contributed by atoms with Crippen molar-refractivity contribution in [2.45, 2.75) is 39.3 Å². The van der Waals surface area contributed by atoms with Crippen LogP contribution in [0.3, 0.4) is 0 Å². The number of fused-ring (bicyclic) bond motifs is 3. The van der Waals surface area contributed by atoms with E-state index in [9.17, 15) is 0 Å². The van der Waals surface area contributed by atoms with Crippen LogP contribution in [0.25, 0.3) is 32.3 Å². The van der Waals surface area contributed by atoms with Gasteiger partial charge in [-0.05, 0) is 172 Å². The second-order valence-electron chi connectivity index (χ2n) is 16.1. The average molecular weight is 1190 g/mol. The van der Waals surface area contributed by atoms with Crippen LogP contribution in [0.5, 0.6) is 0 Å². The number of benzene rings is 7. The third-order valence-electron chi connectivity index (χ3n) is 11.5. The summed E-state index contributed by atoms with van der Waals surface area (Å²) in [5, 5.41) is 9.86. The van der Waals surface area contributed by atoms with Crippen molar-refractivity contribution in [1.29, 1.82) is 0 Å². The maximum Gasteiger partial charge on any atom is 0.255 e. The van der Waals surface area contributed by atoms with Gasteiger partial charge in [0.15, 0.2) is 0 Å². The summed E-state index contributed by atoms with van der Waals surface area (Å²) in [5.74, 6) is 0. The molecule has 6 nitrogen and oxygen atoms in total. The molecular weight excluding hydrogens is 1150 g/mol. The highest BCUT2D eigenvalue weighted by molar-refractivity contribution is 6.40. The number of aromatic nitrogens is 6. The zero-order valence-corrected chi connectivity index (χ0v) is 44.2. The minimum absolute atomic E-state index is 0. The summed E-state index contributed by atoms with van der Waals surface area (Å²) in [6, 6.07) is 50.8. The molecule has 0 aliphatic heterocycles. The summed E-state index contributed by atoms with van der Waals surface area (Å²) >= 11 is 41.7. The van der Waals surface area contributed by atoms with Crippen LogP contribution in [0.4, 0.5) is 0 Å². The molecule has 66 heavy (non-hydrogen) atoms. The Hall–Kier alpha value is -3.87. The third kappa shape index (κ3) is 10.7. The van der Waals surface area contributed by atoms with Crippen molar-refractivity contribution in [2.24, 2.45) is 0 Å². The molecule has 0 bridgehead atoms. The fourth-order valence-corrected chi connectivity index (χ4v) is 9.76. The summed E-state index contributed by atoms with van der Waals surface area (Å²) in [4.78, 5) is 0. The van der Waals surface area contributed by atoms with Crippen LogP contribution in [0.15, 0.2) is 165 Å². The highest BCUT2D eigenvalue weighted by Gasteiger charge is 2.25. The minimum Gasteiger partial charge on any atom is -1.00 e. The fraction of sp³-hybridized carbons (Fsp3) is 0.118. The number of nitrogens with zero attached hydrogens (tertiary/aromatic N) is 6. The van der Waals surface area contributed by atoms with E-state index in [1.165, 1.54) is 32.3 Å². The molecule has 0 N–H and O–H groups in total. The van der Waals surface area contributed by atoms with Gasteiger partial charge in [0, 0.05) is 0 Å². The number of imidazole rings is 3. The predicted octanol–water partition coefficient (Wildman–Crippen LogP) is 3.64. The molecule has 0 fully saturated rings. The van der Waals surface area contributed by atoms with Crippen LogP contribution >= 0.6 is 69.6 Å². The van der Waals surface area contributed by atoms with Gasteiger partial charge in [0.2, 0.25) is 19.0 Å². The Kier molecular flexibility index (Phi) is 16.4. The molecule has 0 spiro atoms. The zero-order chi connectivity index (χ0) is 43.2. The summed E-state index contributed by atoms with van der Waals surface area (Å²) < 4.78 is 11.9. The van der Waals surface area contributed by atoms with Crippen molar-refractivity contribution in [3.63, 3.8) is 0 Å². The molecule has 0 amide bonds. The molecule has 10 aromatic rings. The number of hydrogen-bond donors (Lipinski definition) is 0. The first kappa shape index (κ1) is 50.0. The van der Waals surface area contributed by atoms with E-state index >= 15 is 0 Å². The normalized spacial score (nSPS) is 11.2. The van der Waals surface area contributed by atoms with E-state index in [0.29, 0.717) is 70.2 Å². The molecule has 10 rings (SSSR count). The van der Waals surface area contributed by atoms with Crippen molar-refractivity contribution in [1.82, 2.24) is 13.7 Å². The van der Waals surface area contributed by atoms with Gasteiger partial charge in [-0.3, -0.25) is 0 Å². The lowest BCUT2D eigenvalue weighted by atomic mass is 10.0. The molecule has 0 saturated heterocycles. The Morgan fingerprint density at radius 2 is 0.561 bits per heavy atom. The van der Waals surface area contributed by atoms with E-state index in [-0.39, 0.29) is 50.9 Å². The lowest BCUT2D eigenvalue weighted by Gasteiger charge is -2.08. The SMILES string of the molecule is Clc1c(Cl)[n+](Cc2cc(C[n+]3cn(Cc4ccc5ccccc5c4)c(Cl)c3Cl)cc(C[n+]3cn(Cc4ccc5ccccc5c4)c(Cl)c3Cl)c2)cn1Cc1ccc2ccccc2c1.[Br-].[Br-].[Br-]. The summed E-state index contributed by atoms with van der Waals surface area (Å²) in [6.07, 6.45) is 5.92. The van der Waals surface area contributed by atoms with Crippen LogP contribution in [-0.2, 0) is 39.3 Å². The molecule has 15 heteroatoms. The summed E-state index contributed by atoms with van der Waals surface area (Å²) in [6.45, 7) is 3.11. The average Bonchev–Trinajstić information content (AvgIpc) is 3.82. The van der Waals surface area contributed by atoms with Gasteiger partial charge in [-0.25, -0.2) is 27.4 Å². The highest BCUT2D eigenvalue weighted by atomic mass is 79.9. The van der Waals surface area contributed by atoms with Crippen LogP contribution in [0.2, 0.25) is 30.9 Å². The highest BCUT2D eigenvalue weighted by Crippen LogP contribution is 2.27. The van der Waals surface area contributed by atoms with Gasteiger partial charge < -0.3 is 50.9 Å². The molecular formula is C51H39Br3Cl6N6. The number of hydrogen-bond acceptors (Lipinski definition) is 0. The molecule has 0 atom stereocenters. The number of halogens is 9. The molecule has 3 heterocycles. The van der Waals surface area contributed by atoms with Gasteiger partial charge in [-0.2, -0.15) is 0 Å². The summed E-state index contributed by atoms with van der Waals surface area (Å²) in [5.41, 5.74) is 6.43. The van der Waals surface area contributed by atoms with Gasteiger partial charge in [0.25, 0.3) is 30.9 Å². The quantitative estimate of drug-likeness (QED) is 0.168. The van der Waals surface area contributed by atoms with E-state index in [0.717, 1.165) is 33.4 Å². The van der Waals surface area contributed by atoms with Gasteiger partial charge >= 0.3 is 0 Å². The maximum atomic E-state index is 6.98. The molecule has 0 radical (unpaired) electrons. The Balaban J connectivity index is 0.00000216. The van der Waals surface area contributed by atoms with E-state index in [1.54, 1.807) is 0 Å². The van der Waals surface area contributed by atoms with E-state index in [1.807, 2.05) is 82.8 Å². The lowest BCUT2D eigenvalue weighted by molar-refractivity contribution is -0.687. The maximum absolute atomic E-state index is 6.98. The van der Waals surface area contributed by atoms with Gasteiger partial charge in [0.1, 0.15) is 39.3 Å². The molecule has 336 valence electrons. The first-order valence-corrected chi connectivity index (χ1v) is 22.7. The van der Waals surface area contributed by atoms with E-state index < -0.39 is 0 Å². The molecule has 3 aromatic heterocycles. The fourth-order valence-electron chi connectivity index (χ4n) is 8.49. The lowest BCUT2D eigenvalue weighted by Crippen LogP contribution is -3.00. The first-order chi connectivity index (χ1) is 30.6. The molecule has 0 aliphatic rings. The van der Waals surface area contributed by atoms with Crippen molar-refractivity contribution in [3.8, 4) is 0 Å². The summed E-state index contributed by atoms with van der Waals surface area (Å²) in [7, 11) is 0. The van der Waals surface area contributed by atoms with Crippen LogP contribution < -0.4 is 64.6 Å². The Morgan fingerprint density at radius 3 is 0.833 bits per heavy atom. The van der Waals surface area contributed by atoms with Gasteiger partial charge in [-0.15, -0.1) is 0 Å². The molecule has 0 saturated carbocycles. The second kappa shape index (κ2) is 21.6. The van der Waals surface area contributed by atoms with E-state index in [2.05, 4.69) is 109 Å². The third-order valence-corrected chi connectivity index (χ3v) is 14.2. The smallest absolute Gasteiger partial charge is 0.255 e. The van der Waals surface area contributed by atoms with Crippen LogP contribution in [0, 0.1) is 0 Å². The van der Waals surface area contributed by atoms with Gasteiger partial charge in [0.05, 0.1) is 0 Å². The monoisotopic (exact) mass is 1180 g/mol. The first-order valence-electron chi connectivity index (χ1n) is 20.5. The van der Waals surface area contributed by atoms with Crippen molar-refractivity contribution in [3.05, 3.63) is 229 Å². The molecule has 0 aliphatic carbocycles. The molecule has 0 unspecified atom stereocenters. The predicted molar refractivity (Wildman–Crippen MR) is 257 cm³/mol. The minimum atomic E-state index is 0. The van der Waals surface area contributed by atoms with Crippen molar-refractivity contribution in [2.75, 3.05) is 0 Å². The van der Waals surface area contributed by atoms with Crippen molar-refractivity contribution < 1.29 is 64.6 Å². The zero-order valence-electron chi connectivity index (χ0n) is 34.9. The largest absolute Gasteiger partial charge is 1.00 e.